The molecule has 1 aromatic heterocycles. The van der Waals surface area contributed by atoms with Crippen LogP contribution in [0.1, 0.15) is 16.7 Å². The summed E-state index contributed by atoms with van der Waals surface area (Å²) in [6.07, 6.45) is 4.99. The van der Waals surface area contributed by atoms with Gasteiger partial charge in [0.1, 0.15) is 5.75 Å². The molecule has 6 rings (SSSR count). The second-order valence-electron chi connectivity index (χ2n) is 9.50. The van der Waals surface area contributed by atoms with Crippen LogP contribution in [0.3, 0.4) is 0 Å². The van der Waals surface area contributed by atoms with E-state index in [0.717, 1.165) is 33.5 Å². The fourth-order valence-electron chi connectivity index (χ4n) is 4.93. The maximum atomic E-state index is 12.9. The lowest BCUT2D eigenvalue weighted by Gasteiger charge is -2.10. The second kappa shape index (κ2) is 10.7. The number of aliphatic carboxylic acids is 1. The third kappa shape index (κ3) is 5.20. The van der Waals surface area contributed by atoms with Gasteiger partial charge in [-0.05, 0) is 64.7 Å². The third-order valence-electron chi connectivity index (χ3n) is 6.93. The Hall–Kier alpha value is -5.21. The summed E-state index contributed by atoms with van der Waals surface area (Å²) in [7, 11) is 1.49. The highest BCUT2D eigenvalue weighted by molar-refractivity contribution is 6.38. The van der Waals surface area contributed by atoms with E-state index in [0.29, 0.717) is 33.2 Å². The van der Waals surface area contributed by atoms with Crippen molar-refractivity contribution in [1.82, 2.24) is 15.0 Å². The molecule has 8 nitrogen and oxygen atoms in total. The van der Waals surface area contributed by atoms with E-state index in [2.05, 4.69) is 15.6 Å². The highest BCUT2D eigenvalue weighted by Crippen LogP contribution is 2.41. The van der Waals surface area contributed by atoms with Crippen molar-refractivity contribution in [2.75, 3.05) is 12.4 Å². The smallest absolute Gasteiger partial charge is 0.307 e. The lowest BCUT2D eigenvalue weighted by atomic mass is 9.96. The summed E-state index contributed by atoms with van der Waals surface area (Å²) in [6, 6.07) is 25.0. The average Bonchev–Trinajstić information content (AvgIpc) is 3.61. The van der Waals surface area contributed by atoms with Gasteiger partial charge in [-0.25, -0.2) is 4.68 Å². The predicted octanol–water partition coefficient (Wildman–Crippen LogP) is 6.38. The Bertz CT molecular complexity index is 1810. The zero-order valence-electron chi connectivity index (χ0n) is 21.8. The first kappa shape index (κ1) is 26.0. The maximum absolute atomic E-state index is 12.9. The predicted molar refractivity (Wildman–Crippen MR) is 158 cm³/mol. The van der Waals surface area contributed by atoms with Gasteiger partial charge in [-0.1, -0.05) is 59.3 Å². The van der Waals surface area contributed by atoms with Crippen LogP contribution in [-0.4, -0.2) is 39.1 Å². The van der Waals surface area contributed by atoms with Crippen LogP contribution in [0.5, 0.6) is 5.75 Å². The van der Waals surface area contributed by atoms with Crippen LogP contribution < -0.4 is 10.1 Å². The summed E-state index contributed by atoms with van der Waals surface area (Å²) in [5.41, 5.74) is 7.76. The molecule has 1 amide bonds. The number of hydrogen-bond donors (Lipinski definition) is 2. The highest BCUT2D eigenvalue weighted by atomic mass is 35.5. The number of nitrogens with zero attached hydrogens (tertiary/aromatic N) is 3. The van der Waals surface area contributed by atoms with E-state index in [1.807, 2.05) is 54.6 Å². The molecule has 2 N–H and O–H groups in total. The number of rotatable bonds is 7. The molecule has 5 aromatic rings. The van der Waals surface area contributed by atoms with Gasteiger partial charge in [0.05, 0.1) is 42.3 Å². The Morgan fingerprint density at radius 3 is 2.34 bits per heavy atom. The van der Waals surface area contributed by atoms with E-state index in [-0.39, 0.29) is 12.3 Å². The molecular weight excluding hydrogens is 540 g/mol. The number of hydrogen-bond acceptors (Lipinski definition) is 5. The SMILES string of the molecule is COc1ccc(/C=C2\C(=O)Nc3cc(Cl)c(-c4ccc(-c5ccc(-n6ccnn6)cc5)cc4)cc32)cc1CC(=O)O. The largest absolute Gasteiger partial charge is 0.496 e. The molecular formula is C32H23ClN4O4. The molecule has 9 heteroatoms. The number of nitrogens with one attached hydrogen (secondary N) is 1. The Morgan fingerprint density at radius 1 is 0.976 bits per heavy atom. The minimum atomic E-state index is -0.967. The van der Waals surface area contributed by atoms with Gasteiger partial charge in [-0.2, -0.15) is 0 Å². The summed E-state index contributed by atoms with van der Waals surface area (Å²) in [6.45, 7) is 0. The maximum Gasteiger partial charge on any atom is 0.307 e. The van der Waals surface area contributed by atoms with Gasteiger partial charge in [0, 0.05) is 22.3 Å². The van der Waals surface area contributed by atoms with Crippen molar-refractivity contribution in [3.8, 4) is 33.7 Å². The lowest BCUT2D eigenvalue weighted by molar-refractivity contribution is -0.136. The number of carboxylic acids is 1. The molecule has 41 heavy (non-hydrogen) atoms. The molecule has 0 saturated carbocycles. The number of carboxylic acid groups (broad SMARTS) is 1. The number of carbonyl (C=O) groups excluding carboxylic acids is 1. The van der Waals surface area contributed by atoms with E-state index >= 15 is 0 Å². The van der Waals surface area contributed by atoms with Crippen molar-refractivity contribution in [3.05, 3.63) is 113 Å². The monoisotopic (exact) mass is 562 g/mol. The van der Waals surface area contributed by atoms with Gasteiger partial charge < -0.3 is 15.2 Å². The number of amides is 1. The molecule has 0 atom stereocenters. The molecule has 0 aliphatic carbocycles. The fraction of sp³-hybridized carbons (Fsp3) is 0.0625. The number of benzene rings is 4. The molecule has 0 radical (unpaired) electrons. The molecule has 0 unspecified atom stereocenters. The van der Waals surface area contributed by atoms with Gasteiger partial charge >= 0.3 is 5.97 Å². The van der Waals surface area contributed by atoms with Crippen molar-refractivity contribution < 1.29 is 19.4 Å². The van der Waals surface area contributed by atoms with Crippen LogP contribution in [0, 0.1) is 0 Å². The van der Waals surface area contributed by atoms with Gasteiger partial charge in [-0.15, -0.1) is 5.10 Å². The van der Waals surface area contributed by atoms with E-state index in [9.17, 15) is 14.7 Å². The fourth-order valence-corrected chi connectivity index (χ4v) is 5.20. The van der Waals surface area contributed by atoms with Crippen molar-refractivity contribution in [2.24, 2.45) is 0 Å². The summed E-state index contributed by atoms with van der Waals surface area (Å²) in [4.78, 5) is 24.2. The van der Waals surface area contributed by atoms with Crippen LogP contribution in [-0.2, 0) is 16.0 Å². The molecule has 1 aliphatic rings. The first-order valence-electron chi connectivity index (χ1n) is 12.7. The Labute approximate surface area is 240 Å². The average molecular weight is 563 g/mol. The van der Waals surface area contributed by atoms with E-state index in [4.69, 9.17) is 16.3 Å². The van der Waals surface area contributed by atoms with Gasteiger partial charge in [0.25, 0.3) is 5.91 Å². The molecule has 4 aromatic carbocycles. The molecule has 0 bridgehead atoms. The van der Waals surface area contributed by atoms with Crippen LogP contribution in [0.25, 0.3) is 39.6 Å². The van der Waals surface area contributed by atoms with Crippen LogP contribution >= 0.6 is 11.6 Å². The summed E-state index contributed by atoms with van der Waals surface area (Å²) >= 11 is 6.67. The summed E-state index contributed by atoms with van der Waals surface area (Å²) in [5.74, 6) is -0.742. The summed E-state index contributed by atoms with van der Waals surface area (Å²) in [5, 5.41) is 20.5. The quantitative estimate of drug-likeness (QED) is 0.223. The number of methoxy groups -OCH3 is 1. The summed E-state index contributed by atoms with van der Waals surface area (Å²) < 4.78 is 7.00. The minimum Gasteiger partial charge on any atom is -0.496 e. The standard InChI is InChI=1S/C32H23ClN4O4/c1-41-30-11-2-19(14-23(30)16-31(38)39)15-27-26-17-25(28(33)18-29(26)35-32(27)40)22-5-3-20(4-6-22)21-7-9-24(10-8-21)37-13-12-34-36-37/h2-15,17-18H,16H2,1H3,(H,35,40)(H,38,39)/b27-15-. The molecule has 0 fully saturated rings. The Morgan fingerprint density at radius 2 is 1.68 bits per heavy atom. The van der Waals surface area contributed by atoms with Crippen LogP contribution in [0.2, 0.25) is 5.02 Å². The van der Waals surface area contributed by atoms with Crippen molar-refractivity contribution in [2.45, 2.75) is 6.42 Å². The first-order valence-corrected chi connectivity index (χ1v) is 13.1. The first-order chi connectivity index (χ1) is 19.9. The Balaban J connectivity index is 1.31. The highest BCUT2D eigenvalue weighted by Gasteiger charge is 2.26. The third-order valence-corrected chi connectivity index (χ3v) is 7.24. The zero-order chi connectivity index (χ0) is 28.5. The molecule has 0 spiro atoms. The molecule has 0 saturated heterocycles. The van der Waals surface area contributed by atoms with Gasteiger partial charge in [0.2, 0.25) is 0 Å². The zero-order valence-corrected chi connectivity index (χ0v) is 22.6. The molecule has 202 valence electrons. The van der Waals surface area contributed by atoms with Crippen molar-refractivity contribution in [1.29, 1.82) is 0 Å². The van der Waals surface area contributed by atoms with Crippen molar-refractivity contribution >= 4 is 40.8 Å². The normalized spacial score (nSPS) is 13.2. The number of anilines is 1. The van der Waals surface area contributed by atoms with Crippen LogP contribution in [0.4, 0.5) is 5.69 Å². The van der Waals surface area contributed by atoms with E-state index in [1.165, 1.54) is 7.11 Å². The Kier molecular flexibility index (Phi) is 6.83. The van der Waals surface area contributed by atoms with Crippen LogP contribution in [0.15, 0.2) is 91.3 Å². The topological polar surface area (TPSA) is 106 Å². The molecule has 1 aliphatic heterocycles. The number of aromatic nitrogens is 3. The van der Waals surface area contributed by atoms with Gasteiger partial charge in [0.15, 0.2) is 0 Å². The lowest BCUT2D eigenvalue weighted by Crippen LogP contribution is -2.04. The number of fused-ring (bicyclic) bond motifs is 1. The number of ether oxygens (including phenoxy) is 1. The van der Waals surface area contributed by atoms with Gasteiger partial charge in [-0.3, -0.25) is 9.59 Å². The minimum absolute atomic E-state index is 0.190. The molecule has 2 heterocycles. The van der Waals surface area contributed by atoms with E-state index < -0.39 is 5.97 Å². The number of halogens is 1. The van der Waals surface area contributed by atoms with Crippen molar-refractivity contribution in [3.63, 3.8) is 0 Å². The second-order valence-corrected chi connectivity index (χ2v) is 9.91. The van der Waals surface area contributed by atoms with E-state index in [1.54, 1.807) is 47.4 Å². The number of carbonyl (C=O) groups is 2.